The number of nitro groups is 2. The van der Waals surface area contributed by atoms with E-state index in [2.05, 4.69) is 72.8 Å². The van der Waals surface area contributed by atoms with Gasteiger partial charge in [-0.25, -0.2) is 0 Å². The molecule has 0 unspecified atom stereocenters. The maximum atomic E-state index is 11.0. The van der Waals surface area contributed by atoms with Crippen LogP contribution in [-0.2, 0) is 0 Å². The lowest BCUT2D eigenvalue weighted by Gasteiger charge is -2.34. The first kappa shape index (κ1) is 29.0. The summed E-state index contributed by atoms with van der Waals surface area (Å²) in [6.45, 7) is 0. The van der Waals surface area contributed by atoms with Crippen LogP contribution in [0.15, 0.2) is 158 Å². The highest BCUT2D eigenvalue weighted by atomic mass is 28.3. The summed E-state index contributed by atoms with van der Waals surface area (Å²) in [4.78, 5) is 21.2. The lowest BCUT2D eigenvalue weighted by atomic mass is 10.3. The molecule has 0 saturated carbocycles. The Kier molecular flexibility index (Phi) is 8.17. The van der Waals surface area contributed by atoms with E-state index in [9.17, 15) is 20.2 Å². The zero-order chi connectivity index (χ0) is 31.2. The quantitative estimate of drug-likeness (QED) is 0.0763. The smallest absolute Gasteiger partial charge is 0.269 e. The Balaban J connectivity index is 1.40. The predicted octanol–water partition coefficient (Wildman–Crippen LogP) is 6.47. The average Bonchev–Trinajstić information content (AvgIpc) is 3.08. The standard InChI is InChI=1S/C36H26N2O6Si/c39-37(40)27-11-15-29(16-12-27)43-31-19-23-35(24-20-31)45(33-7-3-1-4-8-33,34-9-5-2-6-10-34)36-25-21-32(22-26-36)44-30-17-13-28(14-18-30)38(41)42/h1-26H. The van der Waals surface area contributed by atoms with Gasteiger partial charge in [0.25, 0.3) is 11.4 Å². The second-order valence-corrected chi connectivity index (χ2v) is 14.0. The molecule has 0 spiro atoms. The second kappa shape index (κ2) is 12.7. The summed E-state index contributed by atoms with van der Waals surface area (Å²) in [7, 11) is -2.83. The lowest BCUT2D eigenvalue weighted by Crippen LogP contribution is -2.74. The first-order valence-corrected chi connectivity index (χ1v) is 16.1. The van der Waals surface area contributed by atoms with E-state index in [0.717, 1.165) is 10.4 Å². The molecule has 6 aromatic carbocycles. The minimum absolute atomic E-state index is 0.00312. The van der Waals surface area contributed by atoms with Crippen LogP contribution in [0.3, 0.4) is 0 Å². The summed E-state index contributed by atoms with van der Waals surface area (Å²) in [5, 5.41) is 26.7. The minimum Gasteiger partial charge on any atom is -0.457 e. The van der Waals surface area contributed by atoms with Crippen molar-refractivity contribution in [2.24, 2.45) is 0 Å². The van der Waals surface area contributed by atoms with E-state index in [1.54, 1.807) is 24.3 Å². The number of hydrogen-bond acceptors (Lipinski definition) is 6. The van der Waals surface area contributed by atoms with Crippen LogP contribution < -0.4 is 30.2 Å². The largest absolute Gasteiger partial charge is 0.457 e. The van der Waals surface area contributed by atoms with Crippen molar-refractivity contribution in [1.82, 2.24) is 0 Å². The van der Waals surface area contributed by atoms with Crippen LogP contribution >= 0.6 is 0 Å². The fraction of sp³-hybridized carbons (Fsp3) is 0. The van der Waals surface area contributed by atoms with Gasteiger partial charge in [-0.3, -0.25) is 20.2 Å². The molecule has 0 aliphatic rings. The average molecular weight is 611 g/mol. The van der Waals surface area contributed by atoms with E-state index in [0.29, 0.717) is 23.0 Å². The van der Waals surface area contributed by atoms with Crippen LogP contribution in [0.4, 0.5) is 11.4 Å². The topological polar surface area (TPSA) is 105 Å². The Hall–Kier alpha value is -6.06. The number of hydrogen-bond donors (Lipinski definition) is 0. The normalized spacial score (nSPS) is 11.0. The Labute approximate surface area is 260 Å². The van der Waals surface area contributed by atoms with Gasteiger partial charge in [-0.2, -0.15) is 0 Å². The number of ether oxygens (including phenoxy) is 2. The predicted molar refractivity (Wildman–Crippen MR) is 176 cm³/mol. The lowest BCUT2D eigenvalue weighted by molar-refractivity contribution is -0.385. The van der Waals surface area contributed by atoms with Crippen molar-refractivity contribution >= 4 is 40.2 Å². The van der Waals surface area contributed by atoms with Gasteiger partial charge in [0.1, 0.15) is 23.0 Å². The van der Waals surface area contributed by atoms with Gasteiger partial charge < -0.3 is 9.47 Å². The van der Waals surface area contributed by atoms with Gasteiger partial charge in [0.15, 0.2) is 8.07 Å². The molecule has 9 heteroatoms. The van der Waals surface area contributed by atoms with Crippen molar-refractivity contribution < 1.29 is 19.3 Å². The van der Waals surface area contributed by atoms with Crippen LogP contribution in [0.5, 0.6) is 23.0 Å². The number of non-ortho nitro benzene ring substituents is 2. The van der Waals surface area contributed by atoms with Crippen molar-refractivity contribution in [3.63, 3.8) is 0 Å². The van der Waals surface area contributed by atoms with Crippen LogP contribution in [0.1, 0.15) is 0 Å². The SMILES string of the molecule is O=[N+]([O-])c1ccc(Oc2ccc([Si](c3ccccc3)(c3ccccc3)c3ccc(Oc4ccc([N+](=O)[O-])cc4)cc3)cc2)cc1. The third-order valence-corrected chi connectivity index (χ3v) is 12.4. The summed E-state index contributed by atoms with van der Waals surface area (Å²) in [6.07, 6.45) is 0. The molecule has 0 fully saturated rings. The molecule has 6 rings (SSSR count). The highest BCUT2D eigenvalue weighted by Gasteiger charge is 2.41. The molecular formula is C36H26N2O6Si. The van der Waals surface area contributed by atoms with Crippen LogP contribution in [0.2, 0.25) is 0 Å². The van der Waals surface area contributed by atoms with Crippen LogP contribution in [0, 0.1) is 20.2 Å². The molecule has 0 N–H and O–H groups in total. The number of benzene rings is 6. The van der Waals surface area contributed by atoms with Gasteiger partial charge in [-0.15, -0.1) is 0 Å². The highest BCUT2D eigenvalue weighted by Crippen LogP contribution is 2.25. The van der Waals surface area contributed by atoms with Crippen molar-refractivity contribution in [2.75, 3.05) is 0 Å². The van der Waals surface area contributed by atoms with E-state index >= 15 is 0 Å². The first-order valence-electron chi connectivity index (χ1n) is 14.1. The molecule has 0 aliphatic heterocycles. The zero-order valence-electron chi connectivity index (χ0n) is 23.9. The molecule has 8 nitrogen and oxygen atoms in total. The van der Waals surface area contributed by atoms with Gasteiger partial charge in [-0.1, -0.05) is 84.9 Å². The van der Waals surface area contributed by atoms with Crippen molar-refractivity contribution in [3.8, 4) is 23.0 Å². The summed E-state index contributed by atoms with van der Waals surface area (Å²) >= 11 is 0. The summed E-state index contributed by atoms with van der Waals surface area (Å²) in [6, 6.07) is 49.0. The van der Waals surface area contributed by atoms with Gasteiger partial charge in [0.05, 0.1) is 9.85 Å². The van der Waals surface area contributed by atoms with Gasteiger partial charge in [-0.05, 0) is 69.3 Å². The fourth-order valence-corrected chi connectivity index (χ4v) is 10.2. The molecule has 0 radical (unpaired) electrons. The molecule has 0 saturated heterocycles. The monoisotopic (exact) mass is 610 g/mol. The van der Waals surface area contributed by atoms with Crippen molar-refractivity contribution in [2.45, 2.75) is 0 Å². The summed E-state index contributed by atoms with van der Waals surface area (Å²) in [5.41, 5.74) is 0.00623. The molecule has 220 valence electrons. The molecule has 45 heavy (non-hydrogen) atoms. The maximum Gasteiger partial charge on any atom is 0.269 e. The molecule has 0 amide bonds. The van der Waals surface area contributed by atoms with Gasteiger partial charge in [0, 0.05) is 24.3 Å². The first-order chi connectivity index (χ1) is 21.9. The summed E-state index contributed by atoms with van der Waals surface area (Å²) < 4.78 is 12.1. The second-order valence-electron chi connectivity index (χ2n) is 10.2. The minimum atomic E-state index is -2.83. The Morgan fingerprint density at radius 1 is 0.378 bits per heavy atom. The van der Waals surface area contributed by atoms with Gasteiger partial charge >= 0.3 is 0 Å². The molecule has 0 heterocycles. The number of rotatable bonds is 10. The molecular weight excluding hydrogens is 584 g/mol. The Bertz CT molecular complexity index is 1770. The Morgan fingerprint density at radius 3 is 0.933 bits per heavy atom. The number of nitrogens with zero attached hydrogens (tertiary/aromatic N) is 2. The van der Waals surface area contributed by atoms with Crippen molar-refractivity contribution in [3.05, 3.63) is 178 Å². The van der Waals surface area contributed by atoms with E-state index in [1.807, 2.05) is 36.4 Å². The van der Waals surface area contributed by atoms with Crippen molar-refractivity contribution in [1.29, 1.82) is 0 Å². The molecule has 6 aromatic rings. The van der Waals surface area contributed by atoms with E-state index in [4.69, 9.17) is 9.47 Å². The molecule has 0 atom stereocenters. The van der Waals surface area contributed by atoms with Crippen LogP contribution in [-0.4, -0.2) is 17.9 Å². The molecule has 0 bridgehead atoms. The highest BCUT2D eigenvalue weighted by molar-refractivity contribution is 7.19. The van der Waals surface area contributed by atoms with Crippen LogP contribution in [0.25, 0.3) is 0 Å². The fourth-order valence-electron chi connectivity index (χ4n) is 5.47. The van der Waals surface area contributed by atoms with Gasteiger partial charge in [0.2, 0.25) is 0 Å². The third kappa shape index (κ3) is 6.06. The Morgan fingerprint density at radius 2 is 0.644 bits per heavy atom. The van der Waals surface area contributed by atoms with E-state index < -0.39 is 17.9 Å². The molecule has 0 aromatic heterocycles. The number of nitro benzene ring substituents is 2. The van der Waals surface area contributed by atoms with E-state index in [-0.39, 0.29) is 11.4 Å². The van der Waals surface area contributed by atoms with E-state index in [1.165, 1.54) is 34.6 Å². The molecule has 0 aliphatic carbocycles. The maximum absolute atomic E-state index is 11.0. The third-order valence-electron chi connectivity index (χ3n) is 7.55. The summed E-state index contributed by atoms with van der Waals surface area (Å²) in [5.74, 6) is 2.24. The zero-order valence-corrected chi connectivity index (χ0v) is 24.9.